The van der Waals surface area contributed by atoms with Crippen LogP contribution in [0.3, 0.4) is 0 Å². The first-order valence-electron chi connectivity index (χ1n) is 9.51. The van der Waals surface area contributed by atoms with E-state index in [2.05, 4.69) is 15.1 Å². The Balaban J connectivity index is 1.78. The Bertz CT molecular complexity index is 627. The van der Waals surface area contributed by atoms with Crippen LogP contribution in [-0.4, -0.2) is 78.9 Å². The SMILES string of the molecule is CC(C)NC(=O)CN1CCN(CC(=O)N(C)C(C)c2ccc(F)cc2)CC1. The molecule has 0 radical (unpaired) electrons. The van der Waals surface area contributed by atoms with Crippen molar-refractivity contribution in [2.75, 3.05) is 46.3 Å². The van der Waals surface area contributed by atoms with E-state index in [1.807, 2.05) is 20.8 Å². The van der Waals surface area contributed by atoms with Crippen LogP contribution in [0.2, 0.25) is 0 Å². The van der Waals surface area contributed by atoms with E-state index >= 15 is 0 Å². The summed E-state index contributed by atoms with van der Waals surface area (Å²) >= 11 is 0. The van der Waals surface area contributed by atoms with Crippen molar-refractivity contribution in [2.45, 2.75) is 32.9 Å². The van der Waals surface area contributed by atoms with E-state index < -0.39 is 0 Å². The van der Waals surface area contributed by atoms with Crippen LogP contribution >= 0.6 is 0 Å². The first kappa shape index (κ1) is 21.3. The minimum absolute atomic E-state index is 0.0397. The summed E-state index contributed by atoms with van der Waals surface area (Å²) in [6, 6.07) is 6.29. The van der Waals surface area contributed by atoms with Crippen LogP contribution in [0, 0.1) is 5.82 Å². The molecule has 0 saturated carbocycles. The van der Waals surface area contributed by atoms with Gasteiger partial charge in [-0.25, -0.2) is 4.39 Å². The van der Waals surface area contributed by atoms with Crippen molar-refractivity contribution in [3.05, 3.63) is 35.6 Å². The first-order chi connectivity index (χ1) is 12.8. The number of halogens is 1. The second kappa shape index (κ2) is 9.80. The summed E-state index contributed by atoms with van der Waals surface area (Å²) in [7, 11) is 1.78. The van der Waals surface area contributed by atoms with Gasteiger partial charge in [-0.05, 0) is 38.5 Å². The van der Waals surface area contributed by atoms with Gasteiger partial charge in [-0.2, -0.15) is 0 Å². The monoisotopic (exact) mass is 378 g/mol. The van der Waals surface area contributed by atoms with Gasteiger partial charge in [-0.15, -0.1) is 0 Å². The molecule has 1 unspecified atom stereocenters. The molecule has 27 heavy (non-hydrogen) atoms. The van der Waals surface area contributed by atoms with Gasteiger partial charge in [-0.3, -0.25) is 19.4 Å². The molecule has 1 saturated heterocycles. The Morgan fingerprint density at radius 2 is 1.56 bits per heavy atom. The summed E-state index contributed by atoms with van der Waals surface area (Å²) < 4.78 is 13.1. The van der Waals surface area contributed by atoms with Gasteiger partial charge in [-0.1, -0.05) is 12.1 Å². The van der Waals surface area contributed by atoms with Crippen molar-refractivity contribution in [1.82, 2.24) is 20.0 Å². The van der Waals surface area contributed by atoms with Gasteiger partial charge in [0.1, 0.15) is 5.82 Å². The number of hydrogen-bond acceptors (Lipinski definition) is 4. The van der Waals surface area contributed by atoms with Crippen LogP contribution in [0.15, 0.2) is 24.3 Å². The highest BCUT2D eigenvalue weighted by molar-refractivity contribution is 5.79. The van der Waals surface area contributed by atoms with Crippen LogP contribution in [0.4, 0.5) is 4.39 Å². The number of rotatable bonds is 7. The number of nitrogens with one attached hydrogen (secondary N) is 1. The second-order valence-corrected chi connectivity index (χ2v) is 7.51. The summed E-state index contributed by atoms with van der Waals surface area (Å²) in [6.07, 6.45) is 0. The second-order valence-electron chi connectivity index (χ2n) is 7.51. The lowest BCUT2D eigenvalue weighted by molar-refractivity contribution is -0.134. The van der Waals surface area contributed by atoms with Crippen molar-refractivity contribution < 1.29 is 14.0 Å². The highest BCUT2D eigenvalue weighted by atomic mass is 19.1. The average molecular weight is 378 g/mol. The third-order valence-electron chi connectivity index (χ3n) is 4.97. The van der Waals surface area contributed by atoms with Crippen molar-refractivity contribution in [3.63, 3.8) is 0 Å². The molecule has 1 heterocycles. The normalized spacial score (nSPS) is 17.0. The molecule has 6 nitrogen and oxygen atoms in total. The van der Waals surface area contributed by atoms with Gasteiger partial charge in [0.2, 0.25) is 11.8 Å². The third kappa shape index (κ3) is 6.59. The van der Waals surface area contributed by atoms with E-state index in [1.165, 1.54) is 12.1 Å². The number of benzene rings is 1. The van der Waals surface area contributed by atoms with Gasteiger partial charge in [0.25, 0.3) is 0 Å². The van der Waals surface area contributed by atoms with Crippen LogP contribution in [0.5, 0.6) is 0 Å². The summed E-state index contributed by atoms with van der Waals surface area (Å²) in [4.78, 5) is 30.4. The molecule has 1 fully saturated rings. The highest BCUT2D eigenvalue weighted by Gasteiger charge is 2.24. The van der Waals surface area contributed by atoms with E-state index in [4.69, 9.17) is 0 Å². The Morgan fingerprint density at radius 3 is 2.07 bits per heavy atom. The van der Waals surface area contributed by atoms with Gasteiger partial charge in [0.15, 0.2) is 0 Å². The largest absolute Gasteiger partial charge is 0.353 e. The van der Waals surface area contributed by atoms with Gasteiger partial charge >= 0.3 is 0 Å². The lowest BCUT2D eigenvalue weighted by Gasteiger charge is -2.35. The molecule has 0 aromatic heterocycles. The van der Waals surface area contributed by atoms with Crippen LogP contribution < -0.4 is 5.32 Å². The van der Waals surface area contributed by atoms with Gasteiger partial charge in [0.05, 0.1) is 19.1 Å². The van der Waals surface area contributed by atoms with E-state index in [1.54, 1.807) is 24.1 Å². The molecular formula is C20H31FN4O2. The molecule has 2 rings (SSSR count). The molecule has 1 aliphatic rings. The Labute approximate surface area is 161 Å². The summed E-state index contributed by atoms with van der Waals surface area (Å²) in [5, 5.41) is 2.90. The molecule has 1 aliphatic heterocycles. The van der Waals surface area contributed by atoms with Crippen LogP contribution in [0.25, 0.3) is 0 Å². The van der Waals surface area contributed by atoms with Crippen LogP contribution in [0.1, 0.15) is 32.4 Å². The van der Waals surface area contributed by atoms with Crippen LogP contribution in [-0.2, 0) is 9.59 Å². The Hall–Kier alpha value is -1.99. The fraction of sp³-hybridized carbons (Fsp3) is 0.600. The zero-order valence-corrected chi connectivity index (χ0v) is 16.7. The Morgan fingerprint density at radius 1 is 1.04 bits per heavy atom. The quantitative estimate of drug-likeness (QED) is 0.781. The van der Waals surface area contributed by atoms with Crippen molar-refractivity contribution in [3.8, 4) is 0 Å². The highest BCUT2D eigenvalue weighted by Crippen LogP contribution is 2.19. The molecule has 1 atom stereocenters. The van der Waals surface area contributed by atoms with E-state index in [0.717, 1.165) is 31.7 Å². The van der Waals surface area contributed by atoms with E-state index in [-0.39, 0.29) is 29.7 Å². The fourth-order valence-electron chi connectivity index (χ4n) is 3.16. The molecule has 0 bridgehead atoms. The summed E-state index contributed by atoms with van der Waals surface area (Å²) in [6.45, 7) is 9.67. The molecule has 1 aromatic rings. The standard InChI is InChI=1S/C20H31FN4O2/c1-15(2)22-19(26)13-24-9-11-25(12-10-24)14-20(27)23(4)16(3)17-5-7-18(21)8-6-17/h5-8,15-16H,9-14H2,1-4H3,(H,22,26). The number of hydrogen-bond donors (Lipinski definition) is 1. The number of nitrogens with zero attached hydrogens (tertiary/aromatic N) is 3. The topological polar surface area (TPSA) is 55.9 Å². The van der Waals surface area contributed by atoms with Gasteiger partial charge in [0, 0.05) is 39.3 Å². The van der Waals surface area contributed by atoms with Crippen molar-refractivity contribution in [2.24, 2.45) is 0 Å². The number of amides is 2. The molecule has 150 valence electrons. The van der Waals surface area contributed by atoms with E-state index in [9.17, 15) is 14.0 Å². The number of carbonyl (C=O) groups is 2. The third-order valence-corrected chi connectivity index (χ3v) is 4.97. The number of piperazine rings is 1. The van der Waals surface area contributed by atoms with Gasteiger partial charge < -0.3 is 10.2 Å². The summed E-state index contributed by atoms with van der Waals surface area (Å²) in [5.74, 6) is -0.194. The maximum absolute atomic E-state index is 13.1. The average Bonchev–Trinajstić information content (AvgIpc) is 2.62. The molecule has 0 spiro atoms. The maximum atomic E-state index is 13.1. The minimum atomic E-state index is -0.278. The lowest BCUT2D eigenvalue weighted by atomic mass is 10.1. The first-order valence-corrected chi connectivity index (χ1v) is 9.51. The zero-order chi connectivity index (χ0) is 20.0. The molecule has 2 amide bonds. The molecule has 1 aromatic carbocycles. The lowest BCUT2D eigenvalue weighted by Crippen LogP contribution is -2.52. The van der Waals surface area contributed by atoms with Crippen molar-refractivity contribution >= 4 is 11.8 Å². The Kier molecular flexibility index (Phi) is 7.74. The predicted molar refractivity (Wildman–Crippen MR) is 104 cm³/mol. The number of likely N-dealkylation sites (N-methyl/N-ethyl adjacent to an activating group) is 1. The molecule has 1 N–H and O–H groups in total. The fourth-order valence-corrected chi connectivity index (χ4v) is 3.16. The zero-order valence-electron chi connectivity index (χ0n) is 16.7. The summed E-state index contributed by atoms with van der Waals surface area (Å²) in [5.41, 5.74) is 0.910. The smallest absolute Gasteiger partial charge is 0.236 e. The van der Waals surface area contributed by atoms with E-state index in [0.29, 0.717) is 13.1 Å². The minimum Gasteiger partial charge on any atom is -0.353 e. The predicted octanol–water partition coefficient (Wildman–Crippen LogP) is 1.49. The molecule has 7 heteroatoms. The molecular weight excluding hydrogens is 347 g/mol. The van der Waals surface area contributed by atoms with Crippen molar-refractivity contribution in [1.29, 1.82) is 0 Å². The maximum Gasteiger partial charge on any atom is 0.236 e. The molecule has 0 aliphatic carbocycles. The number of carbonyl (C=O) groups excluding carboxylic acids is 2.